The Labute approximate surface area is 146 Å². The Hall–Kier alpha value is -1.57. The number of rotatable bonds is 4. The summed E-state index contributed by atoms with van der Waals surface area (Å²) in [5, 5.41) is 6.85. The van der Waals surface area contributed by atoms with Crippen LogP contribution in [-0.4, -0.2) is 58.7 Å². The number of piperazine rings is 1. The van der Waals surface area contributed by atoms with Gasteiger partial charge in [0.1, 0.15) is 0 Å². The molecule has 0 aromatic heterocycles. The van der Waals surface area contributed by atoms with Gasteiger partial charge in [0, 0.05) is 31.2 Å². The number of amides is 3. The molecule has 1 saturated heterocycles. The molecule has 2 N–H and O–H groups in total. The Morgan fingerprint density at radius 3 is 2.92 bits per heavy atom. The van der Waals surface area contributed by atoms with Crippen molar-refractivity contribution in [2.45, 2.75) is 56.2 Å². The van der Waals surface area contributed by atoms with Gasteiger partial charge in [0.15, 0.2) is 5.17 Å². The number of fused-ring (bicyclic) bond motifs is 1. The topological polar surface area (TPSA) is 90.9 Å². The zero-order valence-corrected chi connectivity index (χ0v) is 14.6. The van der Waals surface area contributed by atoms with Crippen molar-refractivity contribution in [1.29, 1.82) is 0 Å². The Morgan fingerprint density at radius 2 is 2.12 bits per heavy atom. The number of thioether (sulfide) groups is 1. The fourth-order valence-corrected chi connectivity index (χ4v) is 4.63. The fourth-order valence-electron chi connectivity index (χ4n) is 3.34. The Morgan fingerprint density at radius 1 is 1.29 bits per heavy atom. The van der Waals surface area contributed by atoms with E-state index in [1.807, 2.05) is 0 Å². The summed E-state index contributed by atoms with van der Waals surface area (Å²) in [6, 6.07) is 0.367. The number of aliphatic imine (C=N–C) groups is 1. The lowest BCUT2D eigenvalue weighted by Crippen LogP contribution is -2.49. The summed E-state index contributed by atoms with van der Waals surface area (Å²) in [6.45, 7) is 1.18. The van der Waals surface area contributed by atoms with Gasteiger partial charge in [-0.3, -0.25) is 19.4 Å². The average molecular weight is 352 g/mol. The summed E-state index contributed by atoms with van der Waals surface area (Å²) in [4.78, 5) is 41.5. The Bertz CT molecular complexity index is 551. The third kappa shape index (κ3) is 4.49. The van der Waals surface area contributed by atoms with Gasteiger partial charge < -0.3 is 15.5 Å². The van der Waals surface area contributed by atoms with E-state index in [2.05, 4.69) is 15.6 Å². The van der Waals surface area contributed by atoms with Crippen molar-refractivity contribution in [2.75, 3.05) is 19.6 Å². The maximum Gasteiger partial charge on any atom is 0.239 e. The van der Waals surface area contributed by atoms with Gasteiger partial charge in [0.2, 0.25) is 17.7 Å². The molecule has 3 rings (SSSR count). The maximum atomic E-state index is 12.0. The van der Waals surface area contributed by atoms with E-state index in [1.165, 1.54) is 19.3 Å². The van der Waals surface area contributed by atoms with Gasteiger partial charge >= 0.3 is 0 Å². The molecule has 2 heterocycles. The summed E-state index contributed by atoms with van der Waals surface area (Å²) < 4.78 is 0. The van der Waals surface area contributed by atoms with Crippen LogP contribution in [0, 0.1) is 0 Å². The minimum Gasteiger partial charge on any atom is -0.353 e. The molecule has 1 saturated carbocycles. The summed E-state index contributed by atoms with van der Waals surface area (Å²) in [5.41, 5.74) is 0. The molecular weight excluding hydrogens is 328 g/mol. The van der Waals surface area contributed by atoms with Crippen molar-refractivity contribution in [3.8, 4) is 0 Å². The molecule has 8 heteroatoms. The summed E-state index contributed by atoms with van der Waals surface area (Å²) in [7, 11) is 0. The van der Waals surface area contributed by atoms with Crippen LogP contribution in [0.1, 0.15) is 44.9 Å². The van der Waals surface area contributed by atoms with Crippen molar-refractivity contribution in [1.82, 2.24) is 15.5 Å². The zero-order chi connectivity index (χ0) is 16.9. The van der Waals surface area contributed by atoms with E-state index >= 15 is 0 Å². The monoisotopic (exact) mass is 352 g/mol. The molecule has 132 valence electrons. The van der Waals surface area contributed by atoms with E-state index in [9.17, 15) is 14.4 Å². The lowest BCUT2D eigenvalue weighted by Gasteiger charge is -2.26. The molecule has 0 bridgehead atoms. The highest BCUT2D eigenvalue weighted by atomic mass is 32.2. The highest BCUT2D eigenvalue weighted by molar-refractivity contribution is 8.14. The van der Waals surface area contributed by atoms with Crippen LogP contribution in [0.2, 0.25) is 0 Å². The lowest BCUT2D eigenvalue weighted by atomic mass is 9.96. The van der Waals surface area contributed by atoms with Gasteiger partial charge in [-0.2, -0.15) is 0 Å². The van der Waals surface area contributed by atoms with Gasteiger partial charge in [0.25, 0.3) is 0 Å². The van der Waals surface area contributed by atoms with Crippen LogP contribution in [0.15, 0.2) is 4.99 Å². The first-order valence-electron chi connectivity index (χ1n) is 8.70. The second-order valence-electron chi connectivity index (χ2n) is 6.51. The fraction of sp³-hybridized carbons (Fsp3) is 0.750. The highest BCUT2D eigenvalue weighted by Gasteiger charge is 2.32. The first-order chi connectivity index (χ1) is 11.6. The first-order valence-corrected chi connectivity index (χ1v) is 9.58. The third-order valence-corrected chi connectivity index (χ3v) is 5.93. The molecule has 3 aliphatic rings. The third-order valence-electron chi connectivity index (χ3n) is 4.65. The number of nitrogens with zero attached hydrogens (tertiary/aromatic N) is 2. The van der Waals surface area contributed by atoms with E-state index in [0.717, 1.165) is 11.6 Å². The smallest absolute Gasteiger partial charge is 0.239 e. The first kappa shape index (κ1) is 17.3. The Balaban J connectivity index is 1.35. The van der Waals surface area contributed by atoms with Gasteiger partial charge in [-0.25, -0.2) is 0 Å². The highest BCUT2D eigenvalue weighted by Crippen LogP contribution is 2.36. The van der Waals surface area contributed by atoms with Crippen LogP contribution in [-0.2, 0) is 14.4 Å². The average Bonchev–Trinajstić information content (AvgIpc) is 2.96. The van der Waals surface area contributed by atoms with Crippen LogP contribution in [0.3, 0.4) is 0 Å². The van der Waals surface area contributed by atoms with E-state index in [4.69, 9.17) is 0 Å². The van der Waals surface area contributed by atoms with Crippen molar-refractivity contribution in [3.05, 3.63) is 0 Å². The second kappa shape index (κ2) is 8.00. The molecule has 7 nitrogen and oxygen atoms in total. The van der Waals surface area contributed by atoms with Crippen molar-refractivity contribution in [2.24, 2.45) is 4.99 Å². The number of amidine groups is 1. The van der Waals surface area contributed by atoms with Crippen LogP contribution in [0.4, 0.5) is 0 Å². The van der Waals surface area contributed by atoms with E-state index in [-0.39, 0.29) is 24.3 Å². The second-order valence-corrected chi connectivity index (χ2v) is 7.74. The molecule has 3 amide bonds. The number of hydrogen-bond acceptors (Lipinski definition) is 5. The zero-order valence-electron chi connectivity index (χ0n) is 13.8. The molecular formula is C16H24N4O3S. The number of nitrogens with one attached hydrogen (secondary N) is 2. The van der Waals surface area contributed by atoms with Crippen molar-refractivity contribution in [3.63, 3.8) is 0 Å². The molecule has 2 atom stereocenters. The molecule has 0 aromatic rings. The number of carbonyl (C=O) groups excluding carboxylic acids is 3. The molecule has 1 aliphatic carbocycles. The molecule has 0 spiro atoms. The normalized spacial score (nSPS) is 26.4. The van der Waals surface area contributed by atoms with Crippen molar-refractivity contribution >= 4 is 34.7 Å². The summed E-state index contributed by atoms with van der Waals surface area (Å²) in [5.74, 6) is -0.259. The van der Waals surface area contributed by atoms with Crippen LogP contribution in [0.25, 0.3) is 0 Å². The van der Waals surface area contributed by atoms with Gasteiger partial charge in [-0.15, -0.1) is 0 Å². The van der Waals surface area contributed by atoms with Crippen LogP contribution >= 0.6 is 11.8 Å². The number of hydrogen-bond donors (Lipinski definition) is 2. The predicted molar refractivity (Wildman–Crippen MR) is 92.7 cm³/mol. The standard InChI is InChI=1S/C16H24N4O3S/c21-13(19-16-18-11-4-1-2-5-12(11)24-16)6-3-7-15(23)20-9-8-17-14(22)10-20/h11-12H,1-10H2,(H,17,22)(H,18,19,21)/t11-,12-/m1/s1. The minimum atomic E-state index is -0.120. The molecule has 0 unspecified atom stereocenters. The minimum absolute atomic E-state index is 0.0590. The summed E-state index contributed by atoms with van der Waals surface area (Å²) in [6.07, 6.45) is 5.87. The summed E-state index contributed by atoms with van der Waals surface area (Å²) >= 11 is 1.68. The molecule has 2 fully saturated rings. The van der Waals surface area contributed by atoms with Crippen LogP contribution < -0.4 is 10.6 Å². The maximum absolute atomic E-state index is 12.0. The molecule has 2 aliphatic heterocycles. The van der Waals surface area contributed by atoms with Crippen molar-refractivity contribution < 1.29 is 14.4 Å². The molecule has 0 radical (unpaired) electrons. The predicted octanol–water partition coefficient (Wildman–Crippen LogP) is 0.645. The quantitative estimate of drug-likeness (QED) is 0.777. The van der Waals surface area contributed by atoms with E-state index < -0.39 is 0 Å². The van der Waals surface area contributed by atoms with Gasteiger partial charge in [-0.05, 0) is 19.3 Å². The largest absolute Gasteiger partial charge is 0.353 e. The Kier molecular flexibility index (Phi) is 5.76. The molecule has 24 heavy (non-hydrogen) atoms. The van der Waals surface area contributed by atoms with E-state index in [1.54, 1.807) is 16.7 Å². The van der Waals surface area contributed by atoms with Gasteiger partial charge in [0.05, 0.1) is 12.6 Å². The molecule has 0 aromatic carbocycles. The SMILES string of the molecule is O=C1CN(C(=O)CCCC(=O)NC2=N[C@@H]3CCCC[C@H]3S2)CCN1. The van der Waals surface area contributed by atoms with Gasteiger partial charge in [-0.1, -0.05) is 24.6 Å². The van der Waals surface area contributed by atoms with Crippen LogP contribution in [0.5, 0.6) is 0 Å². The number of carbonyl (C=O) groups is 3. The van der Waals surface area contributed by atoms with E-state index in [0.29, 0.717) is 43.6 Å². The lowest BCUT2D eigenvalue weighted by molar-refractivity contribution is -0.138.